The summed E-state index contributed by atoms with van der Waals surface area (Å²) >= 11 is 0. The van der Waals surface area contributed by atoms with E-state index in [4.69, 9.17) is 5.11 Å². The number of amides is 2. The molecule has 0 unspecified atom stereocenters. The van der Waals surface area contributed by atoms with Crippen molar-refractivity contribution in [2.24, 2.45) is 0 Å². The summed E-state index contributed by atoms with van der Waals surface area (Å²) in [5, 5.41) is 13.0. The van der Waals surface area contributed by atoms with E-state index in [0.29, 0.717) is 11.3 Å². The summed E-state index contributed by atoms with van der Waals surface area (Å²) in [5.74, 6) is -1.51. The Bertz CT molecular complexity index is 487. The zero-order valence-electron chi connectivity index (χ0n) is 10.3. The molecule has 7 heteroatoms. The predicted octanol–water partition coefficient (Wildman–Crippen LogP) is 0.608. The van der Waals surface area contributed by atoms with Crippen LogP contribution in [-0.4, -0.2) is 36.7 Å². The van der Waals surface area contributed by atoms with E-state index in [-0.39, 0.29) is 12.4 Å². The normalized spacial score (nSPS) is 9.53. The van der Waals surface area contributed by atoms with Crippen LogP contribution < -0.4 is 10.6 Å². The number of esters is 1. The quantitative estimate of drug-likeness (QED) is 0.677. The van der Waals surface area contributed by atoms with E-state index in [1.807, 2.05) is 0 Å². The summed E-state index contributed by atoms with van der Waals surface area (Å²) in [7, 11) is 1.30. The van der Waals surface area contributed by atoms with Crippen LogP contribution in [0.5, 0.6) is 0 Å². The minimum atomic E-state index is -1.13. The number of benzene rings is 1. The van der Waals surface area contributed by atoms with Crippen molar-refractivity contribution < 1.29 is 24.2 Å². The first-order valence-corrected chi connectivity index (χ1v) is 5.43. The van der Waals surface area contributed by atoms with Gasteiger partial charge < -0.3 is 20.5 Å². The number of ether oxygens (including phenoxy) is 1. The van der Waals surface area contributed by atoms with Crippen LogP contribution in [-0.2, 0) is 20.7 Å². The van der Waals surface area contributed by atoms with Crippen LogP contribution in [0.15, 0.2) is 24.3 Å². The topological polar surface area (TPSA) is 105 Å². The lowest BCUT2D eigenvalue weighted by Crippen LogP contribution is -2.33. The molecule has 1 rings (SSSR count). The maximum Gasteiger partial charge on any atom is 0.323 e. The zero-order valence-corrected chi connectivity index (χ0v) is 10.3. The SMILES string of the molecule is COC(=O)Cc1cccc(NC(=O)NCC(=O)O)c1. The van der Waals surface area contributed by atoms with Crippen molar-refractivity contribution in [3.8, 4) is 0 Å². The first-order chi connectivity index (χ1) is 9.01. The average molecular weight is 266 g/mol. The van der Waals surface area contributed by atoms with Crippen LogP contribution in [0.25, 0.3) is 0 Å². The van der Waals surface area contributed by atoms with Gasteiger partial charge in [0.1, 0.15) is 6.54 Å². The van der Waals surface area contributed by atoms with Crippen LogP contribution >= 0.6 is 0 Å². The van der Waals surface area contributed by atoms with Gasteiger partial charge in [0.15, 0.2) is 0 Å². The number of carboxylic acids is 1. The number of nitrogens with one attached hydrogen (secondary N) is 2. The highest BCUT2D eigenvalue weighted by Crippen LogP contribution is 2.11. The highest BCUT2D eigenvalue weighted by Gasteiger charge is 2.06. The third kappa shape index (κ3) is 5.53. The van der Waals surface area contributed by atoms with Crippen LogP contribution in [0.2, 0.25) is 0 Å². The molecule has 2 amide bonds. The number of methoxy groups -OCH3 is 1. The molecule has 0 saturated heterocycles. The number of hydrogen-bond donors (Lipinski definition) is 3. The number of urea groups is 1. The Kier molecular flexibility index (Phi) is 5.34. The number of anilines is 1. The van der Waals surface area contributed by atoms with Crippen LogP contribution in [0, 0.1) is 0 Å². The Hall–Kier alpha value is -2.57. The van der Waals surface area contributed by atoms with Crippen molar-refractivity contribution >= 4 is 23.7 Å². The second-order valence-electron chi connectivity index (χ2n) is 3.65. The lowest BCUT2D eigenvalue weighted by atomic mass is 10.1. The molecule has 1 aromatic carbocycles. The van der Waals surface area contributed by atoms with Gasteiger partial charge in [0.2, 0.25) is 0 Å². The highest BCUT2D eigenvalue weighted by molar-refractivity contribution is 5.91. The molecule has 0 aromatic heterocycles. The zero-order chi connectivity index (χ0) is 14.3. The van der Waals surface area contributed by atoms with E-state index in [2.05, 4.69) is 15.4 Å². The second-order valence-corrected chi connectivity index (χ2v) is 3.65. The molecule has 1 aromatic rings. The Morgan fingerprint density at radius 1 is 1.32 bits per heavy atom. The third-order valence-electron chi connectivity index (χ3n) is 2.16. The Morgan fingerprint density at radius 2 is 2.05 bits per heavy atom. The van der Waals surface area contributed by atoms with Gasteiger partial charge in [0.25, 0.3) is 0 Å². The molecule has 0 radical (unpaired) electrons. The molecule has 7 nitrogen and oxygen atoms in total. The molecule has 0 aliphatic carbocycles. The summed E-state index contributed by atoms with van der Waals surface area (Å²) in [5.41, 5.74) is 1.15. The van der Waals surface area contributed by atoms with Crippen molar-refractivity contribution in [3.63, 3.8) is 0 Å². The van der Waals surface area contributed by atoms with Crippen molar-refractivity contribution in [2.45, 2.75) is 6.42 Å². The Balaban J connectivity index is 2.59. The molecule has 0 saturated carbocycles. The molecule has 0 spiro atoms. The van der Waals surface area contributed by atoms with Gasteiger partial charge in [-0.05, 0) is 17.7 Å². The first-order valence-electron chi connectivity index (χ1n) is 5.43. The van der Waals surface area contributed by atoms with Gasteiger partial charge >= 0.3 is 18.0 Å². The van der Waals surface area contributed by atoms with Gasteiger partial charge in [0.05, 0.1) is 13.5 Å². The van der Waals surface area contributed by atoms with Gasteiger partial charge in [-0.1, -0.05) is 12.1 Å². The van der Waals surface area contributed by atoms with E-state index in [1.165, 1.54) is 7.11 Å². The van der Waals surface area contributed by atoms with E-state index < -0.39 is 18.5 Å². The fourth-order valence-electron chi connectivity index (χ4n) is 1.33. The minimum Gasteiger partial charge on any atom is -0.480 e. The molecule has 19 heavy (non-hydrogen) atoms. The van der Waals surface area contributed by atoms with Gasteiger partial charge in [0, 0.05) is 5.69 Å². The number of carbonyl (C=O) groups excluding carboxylic acids is 2. The van der Waals surface area contributed by atoms with E-state index >= 15 is 0 Å². The van der Waals surface area contributed by atoms with Crippen molar-refractivity contribution in [3.05, 3.63) is 29.8 Å². The standard InChI is InChI=1S/C12H14N2O5/c1-19-11(17)6-8-3-2-4-9(5-8)14-12(18)13-7-10(15)16/h2-5H,6-7H2,1H3,(H,15,16)(H2,13,14,18). The van der Waals surface area contributed by atoms with Gasteiger partial charge in [-0.25, -0.2) is 4.79 Å². The van der Waals surface area contributed by atoms with Crippen molar-refractivity contribution in [1.29, 1.82) is 0 Å². The number of carbonyl (C=O) groups is 3. The third-order valence-corrected chi connectivity index (χ3v) is 2.16. The first kappa shape index (κ1) is 14.5. The lowest BCUT2D eigenvalue weighted by Gasteiger charge is -2.07. The monoisotopic (exact) mass is 266 g/mol. The fourth-order valence-corrected chi connectivity index (χ4v) is 1.33. The van der Waals surface area contributed by atoms with E-state index in [9.17, 15) is 14.4 Å². The van der Waals surface area contributed by atoms with Gasteiger partial charge in [-0.3, -0.25) is 9.59 Å². The van der Waals surface area contributed by atoms with E-state index in [1.54, 1.807) is 24.3 Å². The summed E-state index contributed by atoms with van der Waals surface area (Å²) < 4.78 is 4.54. The molecule has 0 aliphatic rings. The molecule has 3 N–H and O–H groups in total. The van der Waals surface area contributed by atoms with Crippen LogP contribution in [0.3, 0.4) is 0 Å². The highest BCUT2D eigenvalue weighted by atomic mass is 16.5. The summed E-state index contributed by atoms with van der Waals surface area (Å²) in [6, 6.07) is 6.00. The minimum absolute atomic E-state index is 0.1000. The van der Waals surface area contributed by atoms with Gasteiger partial charge in [-0.15, -0.1) is 0 Å². The molecule has 0 bridgehead atoms. The molecule has 0 atom stereocenters. The maximum atomic E-state index is 11.3. The number of rotatable bonds is 5. The number of carboxylic acid groups (broad SMARTS) is 1. The fraction of sp³-hybridized carbons (Fsp3) is 0.250. The molecular weight excluding hydrogens is 252 g/mol. The lowest BCUT2D eigenvalue weighted by molar-refractivity contribution is -0.140. The molecule has 0 fully saturated rings. The maximum absolute atomic E-state index is 11.3. The summed E-state index contributed by atoms with van der Waals surface area (Å²) in [6.45, 7) is -0.465. The van der Waals surface area contributed by atoms with Crippen LogP contribution in [0.4, 0.5) is 10.5 Å². The summed E-state index contributed by atoms with van der Waals surface area (Å²) in [6.07, 6.45) is 0.1000. The molecule has 0 aliphatic heterocycles. The Morgan fingerprint density at radius 3 is 2.68 bits per heavy atom. The summed E-state index contributed by atoms with van der Waals surface area (Å²) in [4.78, 5) is 32.7. The molecule has 102 valence electrons. The number of hydrogen-bond acceptors (Lipinski definition) is 4. The van der Waals surface area contributed by atoms with Gasteiger partial charge in [-0.2, -0.15) is 0 Å². The van der Waals surface area contributed by atoms with Crippen molar-refractivity contribution in [1.82, 2.24) is 5.32 Å². The predicted molar refractivity (Wildman–Crippen MR) is 66.8 cm³/mol. The average Bonchev–Trinajstić information content (AvgIpc) is 2.36. The number of aliphatic carboxylic acids is 1. The molecule has 0 heterocycles. The van der Waals surface area contributed by atoms with E-state index in [0.717, 1.165) is 0 Å². The largest absolute Gasteiger partial charge is 0.480 e. The smallest absolute Gasteiger partial charge is 0.323 e. The Labute approximate surface area is 109 Å². The second kappa shape index (κ2) is 7.00. The van der Waals surface area contributed by atoms with Crippen molar-refractivity contribution in [2.75, 3.05) is 19.0 Å². The molecular formula is C12H14N2O5. The van der Waals surface area contributed by atoms with Crippen LogP contribution in [0.1, 0.15) is 5.56 Å².